The van der Waals surface area contributed by atoms with Crippen molar-refractivity contribution >= 4 is 23.3 Å². The average molecular weight is 354 g/mol. The van der Waals surface area contributed by atoms with Crippen LogP contribution in [0.3, 0.4) is 0 Å². The van der Waals surface area contributed by atoms with Crippen LogP contribution in [0, 0.1) is 17.1 Å². The van der Waals surface area contributed by atoms with Gasteiger partial charge in [-0.25, -0.2) is 14.2 Å². The third kappa shape index (κ3) is 4.42. The van der Waals surface area contributed by atoms with Gasteiger partial charge in [-0.05, 0) is 31.2 Å². The molecule has 132 valence electrons. The summed E-state index contributed by atoms with van der Waals surface area (Å²) < 4.78 is 18.7. The number of halogens is 1. The number of benzene rings is 1. The Kier molecular flexibility index (Phi) is 6.01. The summed E-state index contributed by atoms with van der Waals surface area (Å²) in [5.74, 6) is -2.01. The quantitative estimate of drug-likeness (QED) is 0.465. The highest BCUT2D eigenvalue weighted by Gasteiger charge is 2.18. The molecule has 26 heavy (non-hydrogen) atoms. The van der Waals surface area contributed by atoms with Crippen molar-refractivity contribution < 1.29 is 18.7 Å². The van der Waals surface area contributed by atoms with Crippen LogP contribution in [0.15, 0.2) is 53.9 Å². The smallest absolute Gasteiger partial charge is 0.342 e. The lowest BCUT2D eigenvalue weighted by Gasteiger charge is -2.11. The Morgan fingerprint density at radius 1 is 1.31 bits per heavy atom. The number of carbonyl (C=O) groups is 2. The SMILES string of the molecule is C/C(N)=C(/C#N)C(=O)COC(=O)c1cccnc1Nc1ccccc1F. The number of ether oxygens (including phenoxy) is 1. The molecule has 2 aromatic rings. The number of nitrogens with two attached hydrogens (primary N) is 1. The van der Waals surface area contributed by atoms with Gasteiger partial charge in [-0.1, -0.05) is 12.1 Å². The van der Waals surface area contributed by atoms with Crippen molar-refractivity contribution in [2.45, 2.75) is 6.92 Å². The summed E-state index contributed by atoms with van der Waals surface area (Å²) in [5.41, 5.74) is 5.34. The Morgan fingerprint density at radius 2 is 2.04 bits per heavy atom. The van der Waals surface area contributed by atoms with Crippen LogP contribution in [0.5, 0.6) is 0 Å². The second-order valence-electron chi connectivity index (χ2n) is 5.17. The maximum absolute atomic E-state index is 13.8. The van der Waals surface area contributed by atoms with Gasteiger partial charge in [0.2, 0.25) is 5.78 Å². The van der Waals surface area contributed by atoms with Gasteiger partial charge in [0, 0.05) is 11.9 Å². The Bertz CT molecular complexity index is 915. The number of esters is 1. The highest BCUT2D eigenvalue weighted by Crippen LogP contribution is 2.21. The number of nitrogens with one attached hydrogen (secondary N) is 1. The van der Waals surface area contributed by atoms with Crippen LogP contribution in [0.1, 0.15) is 17.3 Å². The van der Waals surface area contributed by atoms with Crippen molar-refractivity contribution in [3.8, 4) is 6.07 Å². The monoisotopic (exact) mass is 354 g/mol. The second-order valence-corrected chi connectivity index (χ2v) is 5.17. The molecule has 2 rings (SSSR count). The normalized spacial score (nSPS) is 11.1. The molecule has 0 aliphatic heterocycles. The Hall–Kier alpha value is -3.73. The zero-order valence-corrected chi connectivity index (χ0v) is 13.8. The van der Waals surface area contributed by atoms with E-state index in [2.05, 4.69) is 10.3 Å². The average Bonchev–Trinajstić information content (AvgIpc) is 2.62. The molecule has 7 nitrogen and oxygen atoms in total. The first-order chi connectivity index (χ1) is 12.4. The van der Waals surface area contributed by atoms with Crippen LogP contribution >= 0.6 is 0 Å². The highest BCUT2D eigenvalue weighted by atomic mass is 19.1. The number of nitrogens with zero attached hydrogens (tertiary/aromatic N) is 2. The molecule has 0 spiro atoms. The summed E-state index contributed by atoms with van der Waals surface area (Å²) in [6, 6.07) is 10.5. The number of allylic oxidation sites excluding steroid dienone is 1. The van der Waals surface area contributed by atoms with E-state index in [4.69, 9.17) is 15.7 Å². The van der Waals surface area contributed by atoms with Crippen LogP contribution in [0.4, 0.5) is 15.9 Å². The number of ketones is 1. The number of carbonyl (C=O) groups excluding carboxylic acids is 2. The molecular weight excluding hydrogens is 339 g/mol. The molecule has 1 aromatic carbocycles. The molecule has 0 radical (unpaired) electrons. The predicted molar refractivity (Wildman–Crippen MR) is 91.7 cm³/mol. The summed E-state index contributed by atoms with van der Waals surface area (Å²) in [7, 11) is 0. The third-order valence-electron chi connectivity index (χ3n) is 3.27. The number of hydrogen-bond donors (Lipinski definition) is 2. The first-order valence-corrected chi connectivity index (χ1v) is 7.47. The number of aromatic nitrogens is 1. The van der Waals surface area contributed by atoms with E-state index >= 15 is 0 Å². The van der Waals surface area contributed by atoms with Gasteiger partial charge in [-0.3, -0.25) is 4.79 Å². The van der Waals surface area contributed by atoms with E-state index in [1.165, 1.54) is 43.5 Å². The van der Waals surface area contributed by atoms with Crippen molar-refractivity contribution in [2.24, 2.45) is 5.73 Å². The van der Waals surface area contributed by atoms with Crippen LogP contribution < -0.4 is 11.1 Å². The molecule has 0 aliphatic rings. The van der Waals surface area contributed by atoms with E-state index in [0.717, 1.165) is 0 Å². The molecule has 1 aromatic heterocycles. The molecule has 0 atom stereocenters. The van der Waals surface area contributed by atoms with Crippen molar-refractivity contribution in [1.82, 2.24) is 4.98 Å². The first-order valence-electron chi connectivity index (χ1n) is 7.47. The second kappa shape index (κ2) is 8.39. The van der Waals surface area contributed by atoms with Gasteiger partial charge in [-0.15, -0.1) is 0 Å². The molecule has 0 bridgehead atoms. The largest absolute Gasteiger partial charge is 0.454 e. The zero-order chi connectivity index (χ0) is 19.1. The van der Waals surface area contributed by atoms with Gasteiger partial charge >= 0.3 is 5.97 Å². The number of anilines is 2. The lowest BCUT2D eigenvalue weighted by Crippen LogP contribution is -2.18. The summed E-state index contributed by atoms with van der Waals surface area (Å²) in [5, 5.41) is 11.6. The summed E-state index contributed by atoms with van der Waals surface area (Å²) >= 11 is 0. The lowest BCUT2D eigenvalue weighted by atomic mass is 10.1. The zero-order valence-electron chi connectivity index (χ0n) is 13.8. The standard InChI is InChI=1S/C18H15FN4O3/c1-11(21)13(9-20)16(24)10-26-18(25)12-5-4-8-22-17(12)23-15-7-3-2-6-14(15)19/h2-8H,10,21H2,1H3,(H,22,23)/b13-11+. The molecule has 3 N–H and O–H groups in total. The van der Waals surface area contributed by atoms with E-state index in [1.54, 1.807) is 12.1 Å². The van der Waals surface area contributed by atoms with Gasteiger partial charge < -0.3 is 15.8 Å². The van der Waals surface area contributed by atoms with Gasteiger partial charge in [0.15, 0.2) is 6.61 Å². The maximum Gasteiger partial charge on any atom is 0.342 e. The number of rotatable bonds is 6. The highest BCUT2D eigenvalue weighted by molar-refractivity contribution is 6.03. The molecule has 0 unspecified atom stereocenters. The van der Waals surface area contributed by atoms with Crippen molar-refractivity contribution in [3.05, 3.63) is 65.2 Å². The fraction of sp³-hybridized carbons (Fsp3) is 0.111. The summed E-state index contributed by atoms with van der Waals surface area (Å²) in [4.78, 5) is 28.1. The van der Waals surface area contributed by atoms with Crippen LogP contribution in [-0.4, -0.2) is 23.3 Å². The Labute approximate surface area is 148 Å². The van der Waals surface area contributed by atoms with Crippen molar-refractivity contribution in [2.75, 3.05) is 11.9 Å². The molecular formula is C18H15FN4O3. The summed E-state index contributed by atoms with van der Waals surface area (Å²) in [6.45, 7) is 0.750. The molecule has 0 aliphatic carbocycles. The molecule has 8 heteroatoms. The van der Waals surface area contributed by atoms with E-state index in [1.807, 2.05) is 0 Å². The number of nitriles is 1. The van der Waals surface area contributed by atoms with Crippen LogP contribution in [0.25, 0.3) is 0 Å². The molecule has 0 saturated heterocycles. The van der Waals surface area contributed by atoms with Gasteiger partial charge in [0.05, 0.1) is 5.69 Å². The first kappa shape index (κ1) is 18.6. The van der Waals surface area contributed by atoms with Gasteiger partial charge in [-0.2, -0.15) is 5.26 Å². The number of para-hydroxylation sites is 1. The topological polar surface area (TPSA) is 118 Å². The van der Waals surface area contributed by atoms with Gasteiger partial charge in [0.1, 0.15) is 28.8 Å². The number of pyridine rings is 1. The fourth-order valence-electron chi connectivity index (χ4n) is 2.01. The molecule has 0 amide bonds. The van der Waals surface area contributed by atoms with Crippen molar-refractivity contribution in [1.29, 1.82) is 5.26 Å². The molecule has 1 heterocycles. The maximum atomic E-state index is 13.8. The van der Waals surface area contributed by atoms with E-state index in [9.17, 15) is 14.0 Å². The number of Topliss-reactive ketones (excluding diaryl/α,β-unsaturated/α-hetero) is 1. The van der Waals surface area contributed by atoms with Crippen LogP contribution in [0.2, 0.25) is 0 Å². The summed E-state index contributed by atoms with van der Waals surface area (Å²) in [6.07, 6.45) is 1.42. The van der Waals surface area contributed by atoms with E-state index in [-0.39, 0.29) is 28.3 Å². The van der Waals surface area contributed by atoms with Crippen molar-refractivity contribution in [3.63, 3.8) is 0 Å². The number of hydrogen-bond acceptors (Lipinski definition) is 7. The lowest BCUT2D eigenvalue weighted by molar-refractivity contribution is -0.118. The minimum atomic E-state index is -0.850. The third-order valence-corrected chi connectivity index (χ3v) is 3.27. The van der Waals surface area contributed by atoms with E-state index < -0.39 is 24.2 Å². The molecule has 0 saturated carbocycles. The Balaban J connectivity index is 2.16. The minimum absolute atomic E-state index is 0.00973. The Morgan fingerprint density at radius 3 is 2.69 bits per heavy atom. The molecule has 0 fully saturated rings. The minimum Gasteiger partial charge on any atom is -0.454 e. The van der Waals surface area contributed by atoms with E-state index in [0.29, 0.717) is 0 Å². The fourth-order valence-corrected chi connectivity index (χ4v) is 2.01. The van der Waals surface area contributed by atoms with Gasteiger partial charge in [0.25, 0.3) is 0 Å². The predicted octanol–water partition coefficient (Wildman–Crippen LogP) is 2.45. The van der Waals surface area contributed by atoms with Crippen LogP contribution in [-0.2, 0) is 9.53 Å².